The van der Waals surface area contributed by atoms with Crippen LogP contribution in [0.15, 0.2) is 24.3 Å². The minimum Gasteiger partial charge on any atom is -0.492 e. The fraction of sp³-hybridized carbons (Fsp3) is 0.556. The number of para-hydroxylation sites is 1. The molecule has 23 heavy (non-hydrogen) atoms. The second-order valence-corrected chi connectivity index (χ2v) is 5.70. The Morgan fingerprint density at radius 3 is 3.04 bits per heavy atom. The molecule has 1 aromatic rings. The standard InChI is InChI=1S/C18H24N2O3/c1-2-22-18(21)16-8-5-10-20(14-16)11-6-12-23-17-9-4-3-7-15(17)13-19/h3-4,7,9,16H,2,5-6,8,10-12,14H2,1H3/t16-/m0/s1. The Morgan fingerprint density at radius 2 is 2.26 bits per heavy atom. The number of likely N-dealkylation sites (tertiary alicyclic amines) is 1. The Balaban J connectivity index is 1.72. The van der Waals surface area contributed by atoms with Gasteiger partial charge in [-0.1, -0.05) is 12.1 Å². The number of carbonyl (C=O) groups excluding carboxylic acids is 1. The van der Waals surface area contributed by atoms with Gasteiger partial charge < -0.3 is 14.4 Å². The van der Waals surface area contributed by atoms with Crippen molar-refractivity contribution >= 4 is 5.97 Å². The van der Waals surface area contributed by atoms with Crippen LogP contribution in [0.3, 0.4) is 0 Å². The van der Waals surface area contributed by atoms with Crippen molar-refractivity contribution in [3.63, 3.8) is 0 Å². The summed E-state index contributed by atoms with van der Waals surface area (Å²) in [6.07, 6.45) is 2.82. The Hall–Kier alpha value is -2.06. The van der Waals surface area contributed by atoms with Gasteiger partial charge in [0, 0.05) is 13.1 Å². The van der Waals surface area contributed by atoms with Crippen molar-refractivity contribution in [1.82, 2.24) is 4.90 Å². The predicted molar refractivity (Wildman–Crippen MR) is 87.1 cm³/mol. The van der Waals surface area contributed by atoms with Crippen molar-refractivity contribution in [2.45, 2.75) is 26.2 Å². The molecule has 1 aliphatic rings. The predicted octanol–water partition coefficient (Wildman–Crippen LogP) is 2.60. The van der Waals surface area contributed by atoms with Crippen molar-refractivity contribution < 1.29 is 14.3 Å². The van der Waals surface area contributed by atoms with Crippen LogP contribution >= 0.6 is 0 Å². The van der Waals surface area contributed by atoms with Gasteiger partial charge in [0.05, 0.1) is 24.7 Å². The third-order valence-corrected chi connectivity index (χ3v) is 4.01. The summed E-state index contributed by atoms with van der Waals surface area (Å²) in [5.74, 6) is 0.568. The summed E-state index contributed by atoms with van der Waals surface area (Å²) in [6, 6.07) is 9.39. The number of benzene rings is 1. The maximum atomic E-state index is 11.8. The molecule has 1 atom stereocenters. The fourth-order valence-corrected chi connectivity index (χ4v) is 2.87. The van der Waals surface area contributed by atoms with Gasteiger partial charge in [-0.15, -0.1) is 0 Å². The monoisotopic (exact) mass is 316 g/mol. The van der Waals surface area contributed by atoms with E-state index < -0.39 is 0 Å². The molecule has 0 spiro atoms. The highest BCUT2D eigenvalue weighted by molar-refractivity contribution is 5.72. The van der Waals surface area contributed by atoms with Crippen LogP contribution in [-0.4, -0.2) is 43.7 Å². The number of ether oxygens (including phenoxy) is 2. The minimum atomic E-state index is -0.0728. The van der Waals surface area contributed by atoms with Crippen molar-refractivity contribution in [1.29, 1.82) is 5.26 Å². The summed E-state index contributed by atoms with van der Waals surface area (Å²) in [5.41, 5.74) is 0.563. The lowest BCUT2D eigenvalue weighted by Crippen LogP contribution is -2.40. The second-order valence-electron chi connectivity index (χ2n) is 5.70. The van der Waals surface area contributed by atoms with Gasteiger partial charge in [0.25, 0.3) is 0 Å². The molecule has 0 unspecified atom stereocenters. The van der Waals surface area contributed by atoms with E-state index in [1.165, 1.54) is 0 Å². The van der Waals surface area contributed by atoms with Crippen molar-refractivity contribution in [3.8, 4) is 11.8 Å². The molecule has 0 aliphatic carbocycles. The van der Waals surface area contributed by atoms with Gasteiger partial charge in [-0.05, 0) is 44.9 Å². The molecule has 0 saturated carbocycles. The third kappa shape index (κ3) is 5.26. The molecule has 1 saturated heterocycles. The van der Waals surface area contributed by atoms with Gasteiger partial charge in [-0.2, -0.15) is 5.26 Å². The second kappa shape index (κ2) is 9.16. The van der Waals surface area contributed by atoms with E-state index in [1.807, 2.05) is 25.1 Å². The van der Waals surface area contributed by atoms with E-state index in [9.17, 15) is 4.79 Å². The van der Waals surface area contributed by atoms with Crippen LogP contribution in [0.25, 0.3) is 0 Å². The van der Waals surface area contributed by atoms with Gasteiger partial charge in [-0.3, -0.25) is 4.79 Å². The number of rotatable bonds is 7. The molecule has 1 aromatic carbocycles. The quantitative estimate of drug-likeness (QED) is 0.571. The zero-order valence-electron chi connectivity index (χ0n) is 13.7. The number of carbonyl (C=O) groups is 1. The Kier molecular flexibility index (Phi) is 6.89. The number of nitriles is 1. The van der Waals surface area contributed by atoms with Crippen molar-refractivity contribution in [2.24, 2.45) is 5.92 Å². The lowest BCUT2D eigenvalue weighted by atomic mass is 9.98. The Labute approximate surface area is 137 Å². The van der Waals surface area contributed by atoms with Crippen molar-refractivity contribution in [2.75, 3.05) is 32.8 Å². The number of esters is 1. The topological polar surface area (TPSA) is 62.6 Å². The molecular weight excluding hydrogens is 292 g/mol. The number of nitrogens with zero attached hydrogens (tertiary/aromatic N) is 2. The van der Waals surface area contributed by atoms with Crippen LogP contribution < -0.4 is 4.74 Å². The van der Waals surface area contributed by atoms with Crippen LogP contribution in [-0.2, 0) is 9.53 Å². The summed E-state index contributed by atoms with van der Waals surface area (Å²) in [4.78, 5) is 14.1. The summed E-state index contributed by atoms with van der Waals surface area (Å²) in [6.45, 7) is 5.54. The molecular formula is C18H24N2O3. The number of hydrogen-bond donors (Lipinski definition) is 0. The number of piperidine rings is 1. The molecule has 1 fully saturated rings. The summed E-state index contributed by atoms with van der Waals surface area (Å²) < 4.78 is 10.8. The highest BCUT2D eigenvalue weighted by Crippen LogP contribution is 2.19. The van der Waals surface area contributed by atoms with E-state index >= 15 is 0 Å². The van der Waals surface area contributed by atoms with Gasteiger partial charge in [0.1, 0.15) is 11.8 Å². The fourth-order valence-electron chi connectivity index (χ4n) is 2.87. The summed E-state index contributed by atoms with van der Waals surface area (Å²) in [7, 11) is 0. The molecule has 0 radical (unpaired) electrons. The van der Waals surface area contributed by atoms with E-state index in [0.717, 1.165) is 38.9 Å². The summed E-state index contributed by atoms with van der Waals surface area (Å²) in [5, 5.41) is 9.02. The average Bonchev–Trinajstić information content (AvgIpc) is 2.59. The smallest absolute Gasteiger partial charge is 0.310 e. The maximum absolute atomic E-state index is 11.8. The molecule has 5 heteroatoms. The highest BCUT2D eigenvalue weighted by atomic mass is 16.5. The first-order valence-electron chi connectivity index (χ1n) is 8.25. The zero-order valence-corrected chi connectivity index (χ0v) is 13.7. The normalized spacial score (nSPS) is 18.2. The lowest BCUT2D eigenvalue weighted by Gasteiger charge is -2.31. The largest absolute Gasteiger partial charge is 0.492 e. The Morgan fingerprint density at radius 1 is 1.43 bits per heavy atom. The van der Waals surface area contributed by atoms with Crippen LogP contribution in [0, 0.1) is 17.2 Å². The van der Waals surface area contributed by atoms with Crippen LogP contribution in [0.1, 0.15) is 31.7 Å². The third-order valence-electron chi connectivity index (χ3n) is 4.01. The first-order chi connectivity index (χ1) is 11.2. The van der Waals surface area contributed by atoms with E-state index in [1.54, 1.807) is 6.07 Å². The van der Waals surface area contributed by atoms with E-state index in [2.05, 4.69) is 11.0 Å². The van der Waals surface area contributed by atoms with Crippen LogP contribution in [0.5, 0.6) is 5.75 Å². The SMILES string of the molecule is CCOC(=O)[C@H]1CCCN(CCCOc2ccccc2C#N)C1. The lowest BCUT2D eigenvalue weighted by molar-refractivity contribution is -0.149. The molecule has 0 bridgehead atoms. The number of hydrogen-bond acceptors (Lipinski definition) is 5. The van der Waals surface area contributed by atoms with E-state index in [-0.39, 0.29) is 11.9 Å². The van der Waals surface area contributed by atoms with Crippen LogP contribution in [0.4, 0.5) is 0 Å². The molecule has 0 aromatic heterocycles. The van der Waals surface area contributed by atoms with Crippen LogP contribution in [0.2, 0.25) is 0 Å². The van der Waals surface area contributed by atoms with Crippen molar-refractivity contribution in [3.05, 3.63) is 29.8 Å². The zero-order chi connectivity index (χ0) is 16.5. The maximum Gasteiger partial charge on any atom is 0.310 e. The molecule has 1 heterocycles. The highest BCUT2D eigenvalue weighted by Gasteiger charge is 2.26. The van der Waals surface area contributed by atoms with E-state index in [0.29, 0.717) is 24.5 Å². The molecule has 0 N–H and O–H groups in total. The van der Waals surface area contributed by atoms with Gasteiger partial charge in [-0.25, -0.2) is 0 Å². The van der Waals surface area contributed by atoms with Gasteiger partial charge in [0.2, 0.25) is 0 Å². The molecule has 1 aliphatic heterocycles. The molecule has 5 nitrogen and oxygen atoms in total. The minimum absolute atomic E-state index is 0.00364. The first kappa shape index (κ1) is 17.3. The Bertz CT molecular complexity index is 553. The van der Waals surface area contributed by atoms with Gasteiger partial charge in [0.15, 0.2) is 0 Å². The molecule has 2 rings (SSSR count). The molecule has 124 valence electrons. The average molecular weight is 316 g/mol. The molecule has 0 amide bonds. The first-order valence-corrected chi connectivity index (χ1v) is 8.25. The van der Waals surface area contributed by atoms with E-state index in [4.69, 9.17) is 14.7 Å². The summed E-state index contributed by atoms with van der Waals surface area (Å²) >= 11 is 0. The van der Waals surface area contributed by atoms with Gasteiger partial charge >= 0.3 is 5.97 Å².